The minimum atomic E-state index is -0.385. The van der Waals surface area contributed by atoms with E-state index in [9.17, 15) is 9.59 Å². The highest BCUT2D eigenvalue weighted by Crippen LogP contribution is 2.35. The second kappa shape index (κ2) is 14.9. The number of benzene rings is 2. The minimum Gasteiger partial charge on any atom is -0.295 e. The molecule has 5 nitrogen and oxygen atoms in total. The van der Waals surface area contributed by atoms with E-state index in [-0.39, 0.29) is 22.9 Å². The highest BCUT2D eigenvalue weighted by atomic mass is 79.9. The lowest BCUT2D eigenvalue weighted by atomic mass is 9.99. The average molecular weight is 698 g/mol. The number of nitrogens with zero attached hydrogens (tertiary/aromatic N) is 3. The number of rotatable bonds is 12. The lowest BCUT2D eigenvalue weighted by Gasteiger charge is -2.18. The molecule has 0 aliphatic carbocycles. The average Bonchev–Trinajstić information content (AvgIpc) is 3.31. The summed E-state index contributed by atoms with van der Waals surface area (Å²) in [5, 5.41) is -0.385. The van der Waals surface area contributed by atoms with Gasteiger partial charge in [0.2, 0.25) is 5.91 Å². The topological polar surface area (TPSA) is 64.3 Å². The Morgan fingerprint density at radius 1 is 1.17 bits per heavy atom. The summed E-state index contributed by atoms with van der Waals surface area (Å²) in [6.07, 6.45) is 10.6. The summed E-state index contributed by atoms with van der Waals surface area (Å²) in [6, 6.07) is 11.6. The van der Waals surface area contributed by atoms with Gasteiger partial charge < -0.3 is 0 Å². The zero-order chi connectivity index (χ0) is 30.3. The molecule has 0 spiro atoms. The molecule has 3 aromatic rings. The molecule has 0 aliphatic rings. The SMILES string of the molecule is C#CC(SC(=C)c1nc2cc(Br)ccc2n1C(=O)C(CC)C/C=C(\C)C(C)=O)/C(CCC)=N/c1ccc(Br)cc1C. The van der Waals surface area contributed by atoms with Crippen molar-refractivity contribution in [2.45, 2.75) is 65.6 Å². The second-order valence-electron chi connectivity index (χ2n) is 9.90. The Kier molecular flexibility index (Phi) is 12.0. The van der Waals surface area contributed by atoms with Crippen LogP contribution in [0.25, 0.3) is 15.9 Å². The smallest absolute Gasteiger partial charge is 0.236 e. The molecule has 41 heavy (non-hydrogen) atoms. The molecule has 0 fully saturated rings. The van der Waals surface area contributed by atoms with Crippen molar-refractivity contribution in [3.05, 3.63) is 75.0 Å². The third-order valence-corrected chi connectivity index (χ3v) is 8.93. The maximum atomic E-state index is 14.0. The monoisotopic (exact) mass is 695 g/mol. The number of ketones is 1. The molecule has 1 aromatic heterocycles. The minimum absolute atomic E-state index is 0.00101. The molecule has 0 saturated carbocycles. The van der Waals surface area contributed by atoms with Gasteiger partial charge in [-0.05, 0) is 87.6 Å². The number of carbonyl (C=O) groups is 2. The van der Waals surface area contributed by atoms with Crippen LogP contribution in [0, 0.1) is 25.2 Å². The van der Waals surface area contributed by atoms with Crippen molar-refractivity contribution in [2.75, 3.05) is 0 Å². The molecule has 0 radical (unpaired) electrons. The summed E-state index contributed by atoms with van der Waals surface area (Å²) in [4.78, 5) is 36.2. The van der Waals surface area contributed by atoms with Crippen LogP contribution in [-0.2, 0) is 4.79 Å². The Morgan fingerprint density at radius 3 is 2.46 bits per heavy atom. The first-order chi connectivity index (χ1) is 19.5. The van der Waals surface area contributed by atoms with Gasteiger partial charge in [0.05, 0.1) is 16.7 Å². The van der Waals surface area contributed by atoms with Gasteiger partial charge >= 0.3 is 0 Å². The number of carbonyl (C=O) groups excluding carboxylic acids is 2. The van der Waals surface area contributed by atoms with Crippen molar-refractivity contribution in [2.24, 2.45) is 10.9 Å². The number of halogens is 2. The van der Waals surface area contributed by atoms with E-state index in [1.165, 1.54) is 18.7 Å². The van der Waals surface area contributed by atoms with Crippen LogP contribution in [-0.4, -0.2) is 32.2 Å². The Bertz CT molecular complexity index is 1580. The quantitative estimate of drug-likeness (QED) is 0.107. The summed E-state index contributed by atoms with van der Waals surface area (Å²) in [5.74, 6) is 2.95. The molecule has 214 valence electrons. The first kappa shape index (κ1) is 32.8. The molecule has 0 N–H and O–H groups in total. The fourth-order valence-corrected chi connectivity index (χ4v) is 6.07. The van der Waals surface area contributed by atoms with Gasteiger partial charge in [-0.15, -0.1) is 18.2 Å². The van der Waals surface area contributed by atoms with Crippen LogP contribution in [0.5, 0.6) is 0 Å². The number of terminal acetylenes is 1. The Balaban J connectivity index is 2.04. The Morgan fingerprint density at radius 2 is 1.85 bits per heavy atom. The van der Waals surface area contributed by atoms with Crippen molar-refractivity contribution in [3.8, 4) is 12.3 Å². The Hall–Kier alpha value is -2.73. The zero-order valence-electron chi connectivity index (χ0n) is 24.1. The summed E-state index contributed by atoms with van der Waals surface area (Å²) < 4.78 is 3.52. The molecule has 0 aliphatic heterocycles. The summed E-state index contributed by atoms with van der Waals surface area (Å²) in [7, 11) is 0. The van der Waals surface area contributed by atoms with Crippen molar-refractivity contribution < 1.29 is 9.59 Å². The molecule has 0 amide bonds. The van der Waals surface area contributed by atoms with E-state index in [2.05, 4.69) is 51.3 Å². The number of hydrogen-bond donors (Lipinski definition) is 0. The van der Waals surface area contributed by atoms with Gasteiger partial charge in [-0.3, -0.25) is 19.1 Å². The van der Waals surface area contributed by atoms with Gasteiger partial charge in [-0.25, -0.2) is 4.98 Å². The largest absolute Gasteiger partial charge is 0.295 e. The summed E-state index contributed by atoms with van der Waals surface area (Å²) in [5.41, 5.74) is 4.82. The molecule has 2 atom stereocenters. The zero-order valence-corrected chi connectivity index (χ0v) is 28.1. The predicted molar refractivity (Wildman–Crippen MR) is 181 cm³/mol. The van der Waals surface area contributed by atoms with E-state index in [0.29, 0.717) is 40.2 Å². The second-order valence-corrected chi connectivity index (χ2v) is 12.9. The molecule has 0 saturated heterocycles. The van der Waals surface area contributed by atoms with Crippen LogP contribution in [0.4, 0.5) is 5.69 Å². The van der Waals surface area contributed by atoms with Gasteiger partial charge in [0.15, 0.2) is 11.6 Å². The number of aliphatic imine (C=N–C) groups is 1. The number of Topliss-reactive ketones (excluding diaryl/α,β-unsaturated/α-hetero) is 1. The van der Waals surface area contributed by atoms with E-state index >= 15 is 0 Å². The molecule has 8 heteroatoms. The molecule has 0 bridgehead atoms. The van der Waals surface area contributed by atoms with Crippen molar-refractivity contribution in [3.63, 3.8) is 0 Å². The fraction of sp³-hybridized carbons (Fsp3) is 0.333. The molecule has 2 aromatic carbocycles. The predicted octanol–water partition coefficient (Wildman–Crippen LogP) is 9.74. The van der Waals surface area contributed by atoms with Gasteiger partial charge in [0.25, 0.3) is 0 Å². The number of fused-ring (bicyclic) bond motifs is 1. The lowest BCUT2D eigenvalue weighted by molar-refractivity contribution is -0.113. The highest BCUT2D eigenvalue weighted by Gasteiger charge is 2.27. The highest BCUT2D eigenvalue weighted by molar-refractivity contribution is 9.10. The lowest BCUT2D eigenvalue weighted by Crippen LogP contribution is -2.23. The molecule has 1 heterocycles. The van der Waals surface area contributed by atoms with E-state index in [1.54, 1.807) is 11.5 Å². The first-order valence-corrected chi connectivity index (χ1v) is 16.0. The molecule has 3 rings (SSSR count). The maximum absolute atomic E-state index is 14.0. The number of allylic oxidation sites excluding steroid dienone is 2. The first-order valence-electron chi connectivity index (χ1n) is 13.6. The third-order valence-electron chi connectivity index (χ3n) is 6.84. The van der Waals surface area contributed by atoms with E-state index in [4.69, 9.17) is 16.4 Å². The van der Waals surface area contributed by atoms with E-state index in [1.807, 2.05) is 56.3 Å². The van der Waals surface area contributed by atoms with Gasteiger partial charge in [0, 0.05) is 25.5 Å². The van der Waals surface area contributed by atoms with Crippen LogP contribution in [0.1, 0.15) is 69.6 Å². The number of thioether (sulfide) groups is 1. The van der Waals surface area contributed by atoms with Crippen LogP contribution >= 0.6 is 43.6 Å². The third kappa shape index (κ3) is 8.18. The van der Waals surface area contributed by atoms with Crippen LogP contribution in [0.15, 0.2) is 68.6 Å². The Labute approximate surface area is 264 Å². The van der Waals surface area contributed by atoms with E-state index in [0.717, 1.165) is 38.7 Å². The van der Waals surface area contributed by atoms with Gasteiger partial charge in [0.1, 0.15) is 5.25 Å². The number of aryl methyl sites for hydroxylation is 1. The standard InChI is InChI=1S/C33H35Br2N3O2S/c1-8-11-28(36-27-16-14-25(34)18-21(27)5)31(10-3)41-23(7)32-37-29-19-26(35)15-17-30(29)38(32)33(40)24(9-2)13-12-20(4)22(6)39/h3,12,14-19,24,31H,7-9,11,13H2,1-2,4-6H3/b20-12+,36-28+. The summed E-state index contributed by atoms with van der Waals surface area (Å²) >= 11 is 8.43. The number of hydrogen-bond acceptors (Lipinski definition) is 5. The molecular weight excluding hydrogens is 662 g/mol. The maximum Gasteiger partial charge on any atom is 0.236 e. The van der Waals surface area contributed by atoms with Crippen molar-refractivity contribution >= 4 is 82.6 Å². The van der Waals surface area contributed by atoms with Crippen LogP contribution < -0.4 is 0 Å². The summed E-state index contributed by atoms with van der Waals surface area (Å²) in [6.45, 7) is 13.7. The number of aromatic nitrogens is 2. The normalized spacial score (nSPS) is 13.6. The molecular formula is C33H35Br2N3O2S. The van der Waals surface area contributed by atoms with Gasteiger partial charge in [-0.1, -0.05) is 70.7 Å². The number of imidazole rings is 1. The molecule has 2 unspecified atom stereocenters. The van der Waals surface area contributed by atoms with Gasteiger partial charge in [-0.2, -0.15) is 0 Å². The van der Waals surface area contributed by atoms with Crippen molar-refractivity contribution in [1.29, 1.82) is 0 Å². The van der Waals surface area contributed by atoms with Crippen LogP contribution in [0.3, 0.4) is 0 Å². The van der Waals surface area contributed by atoms with E-state index < -0.39 is 0 Å². The van der Waals surface area contributed by atoms with Crippen molar-refractivity contribution in [1.82, 2.24) is 9.55 Å². The fourth-order valence-electron chi connectivity index (χ4n) is 4.34. The van der Waals surface area contributed by atoms with Crippen LogP contribution in [0.2, 0.25) is 0 Å².